The molecule has 3 atom stereocenters. The van der Waals surface area contributed by atoms with Crippen LogP contribution in [0.25, 0.3) is 0 Å². The standard InChI is InChI=1S/C12H25NO2/c1-4-10-6-5-7-12(10)13-8-11(15-3)9-14-2/h10-13H,4-9H2,1-3H3. The van der Waals surface area contributed by atoms with Crippen molar-refractivity contribution in [1.29, 1.82) is 0 Å². The fourth-order valence-corrected chi connectivity index (χ4v) is 2.47. The Bertz CT molecular complexity index is 164. The highest BCUT2D eigenvalue weighted by Crippen LogP contribution is 2.27. The fourth-order valence-electron chi connectivity index (χ4n) is 2.47. The summed E-state index contributed by atoms with van der Waals surface area (Å²) in [6.07, 6.45) is 5.56. The first-order chi connectivity index (χ1) is 7.31. The van der Waals surface area contributed by atoms with Crippen molar-refractivity contribution in [2.75, 3.05) is 27.4 Å². The fraction of sp³-hybridized carbons (Fsp3) is 1.00. The molecule has 0 aromatic heterocycles. The molecule has 1 saturated carbocycles. The Labute approximate surface area is 93.5 Å². The van der Waals surface area contributed by atoms with Crippen molar-refractivity contribution < 1.29 is 9.47 Å². The van der Waals surface area contributed by atoms with E-state index in [0.717, 1.165) is 12.5 Å². The van der Waals surface area contributed by atoms with E-state index >= 15 is 0 Å². The van der Waals surface area contributed by atoms with Crippen LogP contribution in [0, 0.1) is 5.92 Å². The lowest BCUT2D eigenvalue weighted by Crippen LogP contribution is -2.39. The molecule has 1 N–H and O–H groups in total. The third-order valence-electron chi connectivity index (χ3n) is 3.48. The van der Waals surface area contributed by atoms with Crippen molar-refractivity contribution in [3.05, 3.63) is 0 Å². The van der Waals surface area contributed by atoms with Crippen LogP contribution in [0.5, 0.6) is 0 Å². The van der Waals surface area contributed by atoms with E-state index < -0.39 is 0 Å². The third kappa shape index (κ3) is 4.09. The monoisotopic (exact) mass is 215 g/mol. The largest absolute Gasteiger partial charge is 0.382 e. The molecule has 0 radical (unpaired) electrons. The van der Waals surface area contributed by atoms with Crippen LogP contribution in [-0.4, -0.2) is 39.5 Å². The molecule has 0 spiro atoms. The van der Waals surface area contributed by atoms with E-state index in [0.29, 0.717) is 12.6 Å². The second-order valence-electron chi connectivity index (χ2n) is 4.43. The molecule has 90 valence electrons. The summed E-state index contributed by atoms with van der Waals surface area (Å²) >= 11 is 0. The van der Waals surface area contributed by atoms with E-state index in [1.807, 2.05) is 0 Å². The molecule has 0 aromatic rings. The third-order valence-corrected chi connectivity index (χ3v) is 3.48. The van der Waals surface area contributed by atoms with Crippen LogP contribution in [-0.2, 0) is 9.47 Å². The average Bonchev–Trinajstić information content (AvgIpc) is 2.71. The molecule has 0 aliphatic heterocycles. The number of hydrogen-bond acceptors (Lipinski definition) is 3. The van der Waals surface area contributed by atoms with Gasteiger partial charge in [0, 0.05) is 26.8 Å². The SMILES string of the molecule is CCC1CCCC1NCC(COC)OC. The Morgan fingerprint density at radius 3 is 2.73 bits per heavy atom. The van der Waals surface area contributed by atoms with Gasteiger partial charge in [-0.2, -0.15) is 0 Å². The van der Waals surface area contributed by atoms with Gasteiger partial charge in [0.15, 0.2) is 0 Å². The van der Waals surface area contributed by atoms with Gasteiger partial charge >= 0.3 is 0 Å². The Morgan fingerprint density at radius 2 is 2.13 bits per heavy atom. The normalized spacial score (nSPS) is 28.2. The van der Waals surface area contributed by atoms with E-state index in [-0.39, 0.29) is 6.10 Å². The average molecular weight is 215 g/mol. The van der Waals surface area contributed by atoms with E-state index in [9.17, 15) is 0 Å². The first-order valence-corrected chi connectivity index (χ1v) is 6.06. The lowest BCUT2D eigenvalue weighted by molar-refractivity contribution is 0.0266. The molecule has 3 unspecified atom stereocenters. The zero-order valence-electron chi connectivity index (χ0n) is 10.3. The van der Waals surface area contributed by atoms with Gasteiger partial charge in [0.05, 0.1) is 12.7 Å². The Balaban J connectivity index is 2.22. The van der Waals surface area contributed by atoms with Crippen molar-refractivity contribution in [2.24, 2.45) is 5.92 Å². The minimum Gasteiger partial charge on any atom is -0.382 e. The molecule has 1 aliphatic rings. The van der Waals surface area contributed by atoms with Gasteiger partial charge in [-0.15, -0.1) is 0 Å². The first kappa shape index (κ1) is 12.9. The molecule has 3 heteroatoms. The van der Waals surface area contributed by atoms with Gasteiger partial charge in [-0.05, 0) is 18.8 Å². The quantitative estimate of drug-likeness (QED) is 0.702. The number of rotatable bonds is 7. The van der Waals surface area contributed by atoms with Crippen LogP contribution >= 0.6 is 0 Å². The lowest BCUT2D eigenvalue weighted by atomic mass is 10.0. The van der Waals surface area contributed by atoms with Crippen LogP contribution in [0.3, 0.4) is 0 Å². The summed E-state index contributed by atoms with van der Waals surface area (Å²) in [7, 11) is 3.47. The van der Waals surface area contributed by atoms with Crippen LogP contribution in [0.15, 0.2) is 0 Å². The number of methoxy groups -OCH3 is 2. The summed E-state index contributed by atoms with van der Waals surface area (Å²) < 4.78 is 10.4. The maximum Gasteiger partial charge on any atom is 0.0928 e. The van der Waals surface area contributed by atoms with E-state index in [2.05, 4.69) is 12.2 Å². The Hall–Kier alpha value is -0.120. The van der Waals surface area contributed by atoms with E-state index in [1.165, 1.54) is 25.7 Å². The van der Waals surface area contributed by atoms with Crippen molar-refractivity contribution in [3.8, 4) is 0 Å². The maximum absolute atomic E-state index is 5.33. The summed E-state index contributed by atoms with van der Waals surface area (Å²) in [5.74, 6) is 0.866. The number of ether oxygens (including phenoxy) is 2. The lowest BCUT2D eigenvalue weighted by Gasteiger charge is -2.22. The van der Waals surface area contributed by atoms with Gasteiger partial charge in [-0.25, -0.2) is 0 Å². The summed E-state index contributed by atoms with van der Waals surface area (Å²) in [5, 5.41) is 3.61. The van der Waals surface area contributed by atoms with Gasteiger partial charge in [0.1, 0.15) is 0 Å². The summed E-state index contributed by atoms with van der Waals surface area (Å²) in [5.41, 5.74) is 0. The molecule has 3 nitrogen and oxygen atoms in total. The molecular weight excluding hydrogens is 190 g/mol. The molecule has 0 heterocycles. The van der Waals surface area contributed by atoms with Gasteiger partial charge in [0.2, 0.25) is 0 Å². The van der Waals surface area contributed by atoms with Gasteiger partial charge in [0.25, 0.3) is 0 Å². The maximum atomic E-state index is 5.33. The second kappa shape index (κ2) is 7.20. The van der Waals surface area contributed by atoms with Gasteiger partial charge in [-0.3, -0.25) is 0 Å². The minimum atomic E-state index is 0.188. The molecule has 0 amide bonds. The van der Waals surface area contributed by atoms with Crippen molar-refractivity contribution >= 4 is 0 Å². The Morgan fingerprint density at radius 1 is 1.33 bits per heavy atom. The highest BCUT2D eigenvalue weighted by atomic mass is 16.5. The summed E-state index contributed by atoms with van der Waals surface area (Å²) in [6, 6.07) is 0.699. The van der Waals surface area contributed by atoms with E-state index in [4.69, 9.17) is 9.47 Å². The van der Waals surface area contributed by atoms with Crippen molar-refractivity contribution in [3.63, 3.8) is 0 Å². The van der Waals surface area contributed by atoms with Crippen LogP contribution in [0.1, 0.15) is 32.6 Å². The molecule has 1 fully saturated rings. The zero-order chi connectivity index (χ0) is 11.1. The Kier molecular flexibility index (Phi) is 6.22. The van der Waals surface area contributed by atoms with Crippen molar-refractivity contribution in [1.82, 2.24) is 5.32 Å². The summed E-state index contributed by atoms with van der Waals surface area (Å²) in [4.78, 5) is 0. The van der Waals surface area contributed by atoms with Crippen molar-refractivity contribution in [2.45, 2.75) is 44.8 Å². The molecule has 15 heavy (non-hydrogen) atoms. The minimum absolute atomic E-state index is 0.188. The van der Waals surface area contributed by atoms with Gasteiger partial charge in [-0.1, -0.05) is 19.8 Å². The predicted octanol–water partition coefficient (Wildman–Crippen LogP) is 1.82. The highest BCUT2D eigenvalue weighted by molar-refractivity contribution is 4.83. The van der Waals surface area contributed by atoms with Crippen LogP contribution in [0.2, 0.25) is 0 Å². The van der Waals surface area contributed by atoms with Crippen LogP contribution < -0.4 is 5.32 Å². The predicted molar refractivity (Wildman–Crippen MR) is 62.1 cm³/mol. The molecule has 0 aromatic carbocycles. The summed E-state index contributed by atoms with van der Waals surface area (Å²) in [6.45, 7) is 3.87. The molecule has 0 bridgehead atoms. The molecule has 0 saturated heterocycles. The van der Waals surface area contributed by atoms with Crippen LogP contribution in [0.4, 0.5) is 0 Å². The molecule has 1 rings (SSSR count). The number of hydrogen-bond donors (Lipinski definition) is 1. The topological polar surface area (TPSA) is 30.5 Å². The second-order valence-corrected chi connectivity index (χ2v) is 4.43. The molecular formula is C12H25NO2. The van der Waals surface area contributed by atoms with E-state index in [1.54, 1.807) is 14.2 Å². The van der Waals surface area contributed by atoms with Gasteiger partial charge < -0.3 is 14.8 Å². The number of nitrogens with one attached hydrogen (secondary N) is 1. The highest BCUT2D eigenvalue weighted by Gasteiger charge is 2.25. The zero-order valence-corrected chi connectivity index (χ0v) is 10.3. The molecule has 1 aliphatic carbocycles. The smallest absolute Gasteiger partial charge is 0.0928 e. The first-order valence-electron chi connectivity index (χ1n) is 6.06.